The number of aryl methyl sites for hydroxylation is 2. The van der Waals surface area contributed by atoms with E-state index < -0.39 is 6.09 Å². The third-order valence-electron chi connectivity index (χ3n) is 7.33. The first kappa shape index (κ1) is 30.5. The molecule has 0 aliphatic heterocycles. The molecule has 3 amide bonds. The standard InChI is InChI=1S/C32H45N3O6/c1-3-15-34-30(37)8-4-6-23-10-12-25-26-13-11-24(20-28(26)29(27(25)19-23)21-41-32(33)39)7-5-9-31(38)35-16-18-40-22(2)14-17-36/h10-13,19-20,22,29,36H,3-9,14-18,21H2,1-2H3,(H2,33,39)(H,34,37)(H,35,38)/i/hD. The number of aliphatic hydroxyl groups is 1. The number of fused-ring (bicyclic) bond motifs is 3. The summed E-state index contributed by atoms with van der Waals surface area (Å²) in [5, 5.41) is 14.7. The minimum absolute atomic E-state index is 0.0231. The smallest absolute Gasteiger partial charge is 0.404 e. The maximum absolute atomic E-state index is 12.3. The van der Waals surface area contributed by atoms with E-state index in [9.17, 15) is 14.4 Å². The van der Waals surface area contributed by atoms with Crippen LogP contribution in [0.15, 0.2) is 36.4 Å². The van der Waals surface area contributed by atoms with E-state index in [2.05, 4.69) is 47.0 Å². The molecule has 0 saturated carbocycles. The van der Waals surface area contributed by atoms with Gasteiger partial charge in [-0.1, -0.05) is 43.3 Å². The van der Waals surface area contributed by atoms with Crippen molar-refractivity contribution in [1.29, 1.82) is 0 Å². The van der Waals surface area contributed by atoms with E-state index >= 15 is 0 Å². The summed E-state index contributed by atoms with van der Waals surface area (Å²) in [4.78, 5) is 36.0. The quantitative estimate of drug-likeness (QED) is 0.201. The van der Waals surface area contributed by atoms with Crippen molar-refractivity contribution in [2.45, 2.75) is 77.2 Å². The summed E-state index contributed by atoms with van der Waals surface area (Å²) in [7, 11) is 0. The fourth-order valence-electron chi connectivity index (χ4n) is 5.17. The number of hydrogen-bond donors (Lipinski definition) is 4. The maximum atomic E-state index is 12.3. The lowest BCUT2D eigenvalue weighted by Crippen LogP contribution is -2.28. The van der Waals surface area contributed by atoms with Gasteiger partial charge in [0.2, 0.25) is 11.8 Å². The van der Waals surface area contributed by atoms with Gasteiger partial charge in [-0.2, -0.15) is 0 Å². The Kier molecular flexibility index (Phi) is 12.5. The number of carbonyl (C=O) groups is 3. The van der Waals surface area contributed by atoms with Crippen LogP contribution in [0.3, 0.4) is 0 Å². The predicted octanol–water partition coefficient (Wildman–Crippen LogP) is 3.97. The number of nitrogens with one attached hydrogen (secondary N) is 2. The molecule has 2 atom stereocenters. The molecule has 3 rings (SSSR count). The molecule has 0 radical (unpaired) electrons. The van der Waals surface area contributed by atoms with E-state index in [1.165, 1.54) is 0 Å². The highest BCUT2D eigenvalue weighted by molar-refractivity contribution is 5.80. The molecular formula is C32H45N3O6. The first-order valence-corrected chi connectivity index (χ1v) is 14.7. The summed E-state index contributed by atoms with van der Waals surface area (Å²) in [6.07, 6.45) is 4.47. The van der Waals surface area contributed by atoms with Gasteiger partial charge in [0.25, 0.3) is 0 Å². The Morgan fingerprint density at radius 2 is 1.56 bits per heavy atom. The van der Waals surface area contributed by atoms with Gasteiger partial charge in [0.05, 0.1) is 12.7 Å². The third-order valence-corrected chi connectivity index (χ3v) is 7.33. The van der Waals surface area contributed by atoms with Gasteiger partial charge in [0, 0.05) is 38.5 Å². The summed E-state index contributed by atoms with van der Waals surface area (Å²) in [5.41, 5.74) is 8.32. The Hall–Kier alpha value is -3.43. The average molecular weight is 569 g/mol. The number of nitrogens with two attached hydrogens (primary N) is 1. The number of aliphatic hydroxyl groups excluding tert-OH is 1. The molecule has 0 saturated heterocycles. The number of ether oxygens (including phenoxy) is 2. The van der Waals surface area contributed by atoms with E-state index in [4.69, 9.17) is 16.0 Å². The van der Waals surface area contributed by atoms with E-state index in [-0.39, 0.29) is 37.0 Å². The number of carbonyl (C=O) groups excluding carboxylic acids is 3. The fourth-order valence-corrected chi connectivity index (χ4v) is 5.17. The fraction of sp³-hybridized carbons (Fsp3) is 0.531. The van der Waals surface area contributed by atoms with Gasteiger partial charge in [0.15, 0.2) is 1.41 Å². The minimum atomic E-state index is -0.797. The molecule has 9 heteroatoms. The lowest BCUT2D eigenvalue weighted by Gasteiger charge is -2.15. The van der Waals surface area contributed by atoms with Crippen molar-refractivity contribution in [2.75, 3.05) is 32.9 Å². The van der Waals surface area contributed by atoms with Crippen LogP contribution in [0.25, 0.3) is 11.1 Å². The summed E-state index contributed by atoms with van der Waals surface area (Å²) in [6, 6.07) is 12.6. The highest BCUT2D eigenvalue weighted by Crippen LogP contribution is 2.46. The zero-order valence-corrected chi connectivity index (χ0v) is 24.3. The first-order chi connectivity index (χ1) is 20.4. The molecule has 1 aliphatic carbocycles. The molecule has 5 N–H and O–H groups in total. The second kappa shape index (κ2) is 16.7. The number of hydrogen-bond acceptors (Lipinski definition) is 6. The molecule has 41 heavy (non-hydrogen) atoms. The Morgan fingerprint density at radius 1 is 0.976 bits per heavy atom. The second-order valence-electron chi connectivity index (χ2n) is 10.6. The van der Waals surface area contributed by atoms with Crippen LogP contribution in [-0.2, 0) is 31.9 Å². The van der Waals surface area contributed by atoms with Crippen LogP contribution in [0.1, 0.15) is 80.5 Å². The van der Waals surface area contributed by atoms with Gasteiger partial charge in [-0.25, -0.2) is 4.79 Å². The van der Waals surface area contributed by atoms with Crippen molar-refractivity contribution >= 4 is 17.9 Å². The van der Waals surface area contributed by atoms with Crippen LogP contribution in [0.2, 0.25) is 1.41 Å². The molecule has 9 nitrogen and oxygen atoms in total. The monoisotopic (exact) mass is 568 g/mol. The second-order valence-corrected chi connectivity index (χ2v) is 10.6. The number of benzene rings is 2. The first-order valence-electron chi connectivity index (χ1n) is 15.2. The Labute approximate surface area is 244 Å². The van der Waals surface area contributed by atoms with Gasteiger partial charge >= 0.3 is 6.09 Å². The Balaban J connectivity index is 1.60. The molecule has 0 spiro atoms. The number of amides is 3. The number of rotatable bonds is 18. The number of primary amides is 1. The van der Waals surface area contributed by atoms with Crippen LogP contribution in [0.5, 0.6) is 0 Å². The molecule has 2 aromatic rings. The summed E-state index contributed by atoms with van der Waals surface area (Å²) in [6.45, 7) is 5.66. The van der Waals surface area contributed by atoms with Crippen LogP contribution in [0, 0.1) is 0 Å². The van der Waals surface area contributed by atoms with Gasteiger partial charge in [0.1, 0.15) is 6.61 Å². The van der Waals surface area contributed by atoms with Crippen molar-refractivity contribution in [3.63, 3.8) is 0 Å². The van der Waals surface area contributed by atoms with E-state index in [1.807, 2.05) is 13.8 Å². The average Bonchev–Trinajstić information content (AvgIpc) is 3.29. The topological polar surface area (TPSA) is 140 Å². The summed E-state index contributed by atoms with van der Waals surface area (Å²) >= 11 is 0. The van der Waals surface area contributed by atoms with Crippen molar-refractivity contribution in [2.24, 2.45) is 5.73 Å². The van der Waals surface area contributed by atoms with E-state index in [0.29, 0.717) is 45.4 Å². The molecule has 0 heterocycles. The van der Waals surface area contributed by atoms with Gasteiger partial charge in [-0.05, 0) is 78.8 Å². The summed E-state index contributed by atoms with van der Waals surface area (Å²) in [5.74, 6) is -0.123. The van der Waals surface area contributed by atoms with Gasteiger partial charge < -0.3 is 30.9 Å². The van der Waals surface area contributed by atoms with Crippen molar-refractivity contribution in [1.82, 2.24) is 10.6 Å². The van der Waals surface area contributed by atoms with Crippen LogP contribution >= 0.6 is 0 Å². The molecular weight excluding hydrogens is 522 g/mol. The highest BCUT2D eigenvalue weighted by Gasteiger charge is 2.30. The van der Waals surface area contributed by atoms with Crippen molar-refractivity contribution < 1.29 is 30.4 Å². The summed E-state index contributed by atoms with van der Waals surface area (Å²) < 4.78 is 18.0. The third kappa shape index (κ3) is 10.2. The predicted molar refractivity (Wildman–Crippen MR) is 159 cm³/mol. The Morgan fingerprint density at radius 3 is 2.10 bits per heavy atom. The molecule has 0 fully saturated rings. The Bertz CT molecular complexity index is 1190. The zero-order chi connectivity index (χ0) is 30.3. The van der Waals surface area contributed by atoms with Crippen molar-refractivity contribution in [3.8, 4) is 11.1 Å². The molecule has 1 aliphatic rings. The molecule has 0 aromatic heterocycles. The largest absolute Gasteiger partial charge is 0.449 e. The lowest BCUT2D eigenvalue weighted by molar-refractivity contribution is -0.122. The van der Waals surface area contributed by atoms with Crippen LogP contribution in [-0.4, -0.2) is 62.0 Å². The van der Waals surface area contributed by atoms with Crippen LogP contribution in [0.4, 0.5) is 4.79 Å². The minimum Gasteiger partial charge on any atom is -0.449 e. The normalized spacial score (nSPS) is 14.4. The lowest BCUT2D eigenvalue weighted by atomic mass is 9.94. The maximum Gasteiger partial charge on any atom is 0.404 e. The van der Waals surface area contributed by atoms with E-state index in [1.54, 1.807) is 5.73 Å². The molecule has 2 aromatic carbocycles. The van der Waals surface area contributed by atoms with Gasteiger partial charge in [-0.15, -0.1) is 0 Å². The zero-order valence-electron chi connectivity index (χ0n) is 25.3. The highest BCUT2D eigenvalue weighted by atomic mass is 16.5. The van der Waals surface area contributed by atoms with Gasteiger partial charge in [-0.3, -0.25) is 9.59 Å². The molecule has 2 unspecified atom stereocenters. The molecule has 224 valence electrons. The van der Waals surface area contributed by atoms with E-state index in [0.717, 1.165) is 59.1 Å². The van der Waals surface area contributed by atoms with Crippen molar-refractivity contribution in [3.05, 3.63) is 58.7 Å². The van der Waals surface area contributed by atoms with Crippen LogP contribution < -0.4 is 16.4 Å². The molecule has 0 bridgehead atoms. The SMILES string of the molecule is [2H]NC(=O)OCC1c2cc(CCCC(=O)NCCC)ccc2-c2ccc(CCCC(=O)NCCOC(C)CCO)cc21.